The molecule has 0 atom stereocenters. The van der Waals surface area contributed by atoms with E-state index in [9.17, 15) is 22.8 Å². The summed E-state index contributed by atoms with van der Waals surface area (Å²) in [4.78, 5) is 37.6. The summed E-state index contributed by atoms with van der Waals surface area (Å²) in [7, 11) is 0. The molecule has 0 spiro atoms. The number of carbonyl (C=O) groups is 3. The molecule has 1 fully saturated rings. The number of carbonyl (C=O) groups excluding carboxylic acids is 2. The molecule has 7 nitrogen and oxygen atoms in total. The maximum atomic E-state index is 12.8. The Balaban J connectivity index is 0.000000592. The summed E-state index contributed by atoms with van der Waals surface area (Å²) in [6, 6.07) is 6.96. The topological polar surface area (TPSA) is 90.0 Å². The van der Waals surface area contributed by atoms with Crippen LogP contribution in [0.15, 0.2) is 24.3 Å². The standard InChI is InChI=1S/C18H26ClN3O2.C2HF3O2/c1-14(2)13-22(18(24)15-4-3-5-16(19)12-15)9-6-17(23)21-10-7-20-8-11-21;3-2(4,5)1(6)7/h3-5,12,14,20H,6-11,13H2,1-2H3;(H,6,7). The minimum atomic E-state index is -5.08. The maximum absolute atomic E-state index is 12.8. The van der Waals surface area contributed by atoms with Crippen LogP contribution in [0.25, 0.3) is 0 Å². The number of nitrogens with one attached hydrogen (secondary N) is 1. The molecule has 1 aliphatic heterocycles. The summed E-state index contributed by atoms with van der Waals surface area (Å²) in [5.74, 6) is -2.38. The van der Waals surface area contributed by atoms with E-state index in [-0.39, 0.29) is 11.8 Å². The van der Waals surface area contributed by atoms with Gasteiger partial charge in [0.25, 0.3) is 5.91 Å². The molecule has 1 saturated heterocycles. The zero-order valence-corrected chi connectivity index (χ0v) is 18.2. The second-order valence-corrected chi connectivity index (χ2v) is 7.78. The first-order valence-electron chi connectivity index (χ1n) is 9.75. The third kappa shape index (κ3) is 10.0. The van der Waals surface area contributed by atoms with Gasteiger partial charge >= 0.3 is 12.1 Å². The molecular formula is C20H27ClF3N3O4. The molecule has 174 valence electrons. The minimum Gasteiger partial charge on any atom is -0.475 e. The van der Waals surface area contributed by atoms with Crippen molar-refractivity contribution in [2.45, 2.75) is 26.4 Å². The Hall–Kier alpha value is -2.33. The maximum Gasteiger partial charge on any atom is 0.490 e. The Bertz CT molecular complexity index is 753. The van der Waals surface area contributed by atoms with Crippen molar-refractivity contribution in [2.75, 3.05) is 39.3 Å². The highest BCUT2D eigenvalue weighted by Gasteiger charge is 2.38. The second-order valence-electron chi connectivity index (χ2n) is 7.34. The molecule has 1 aliphatic rings. The Morgan fingerprint density at radius 1 is 1.23 bits per heavy atom. The summed E-state index contributed by atoms with van der Waals surface area (Å²) in [6.45, 7) is 8.35. The molecule has 2 N–H and O–H groups in total. The normalized spacial score (nSPS) is 14.0. The van der Waals surface area contributed by atoms with Crippen molar-refractivity contribution in [3.8, 4) is 0 Å². The monoisotopic (exact) mass is 465 g/mol. The number of carboxylic acids is 1. The van der Waals surface area contributed by atoms with E-state index >= 15 is 0 Å². The number of carboxylic acid groups (broad SMARTS) is 1. The molecule has 0 unspecified atom stereocenters. The Kier molecular flexibility index (Phi) is 10.8. The number of nitrogens with zero attached hydrogens (tertiary/aromatic N) is 2. The van der Waals surface area contributed by atoms with E-state index in [4.69, 9.17) is 21.5 Å². The first-order chi connectivity index (χ1) is 14.4. The van der Waals surface area contributed by atoms with Crippen molar-refractivity contribution in [3.63, 3.8) is 0 Å². The number of rotatable bonds is 6. The number of piperazine rings is 1. The Morgan fingerprint density at radius 3 is 2.29 bits per heavy atom. The molecule has 2 amide bonds. The smallest absolute Gasteiger partial charge is 0.475 e. The predicted molar refractivity (Wildman–Crippen MR) is 110 cm³/mol. The number of alkyl halides is 3. The highest BCUT2D eigenvalue weighted by Crippen LogP contribution is 2.15. The molecule has 1 heterocycles. The Labute approximate surface area is 184 Å². The second kappa shape index (κ2) is 12.5. The number of benzene rings is 1. The molecule has 0 aliphatic carbocycles. The molecule has 1 aromatic carbocycles. The van der Waals surface area contributed by atoms with Crippen LogP contribution in [0.5, 0.6) is 0 Å². The molecule has 31 heavy (non-hydrogen) atoms. The minimum absolute atomic E-state index is 0.0701. The van der Waals surface area contributed by atoms with E-state index in [1.54, 1.807) is 29.2 Å². The largest absolute Gasteiger partial charge is 0.490 e. The summed E-state index contributed by atoms with van der Waals surface area (Å²) in [5.41, 5.74) is 0.567. The molecule has 2 rings (SSSR count). The summed E-state index contributed by atoms with van der Waals surface area (Å²) >= 11 is 5.99. The molecule has 1 aromatic rings. The highest BCUT2D eigenvalue weighted by atomic mass is 35.5. The van der Waals surface area contributed by atoms with Crippen LogP contribution in [0.3, 0.4) is 0 Å². The van der Waals surface area contributed by atoms with Crippen molar-refractivity contribution in [3.05, 3.63) is 34.9 Å². The van der Waals surface area contributed by atoms with Crippen molar-refractivity contribution >= 4 is 29.4 Å². The Morgan fingerprint density at radius 2 is 1.81 bits per heavy atom. The van der Waals surface area contributed by atoms with Crippen LogP contribution in [-0.4, -0.2) is 78.1 Å². The third-order valence-corrected chi connectivity index (χ3v) is 4.49. The van der Waals surface area contributed by atoms with Crippen LogP contribution in [0.4, 0.5) is 13.2 Å². The zero-order chi connectivity index (χ0) is 23.6. The average Bonchev–Trinajstić information content (AvgIpc) is 2.70. The predicted octanol–water partition coefficient (Wildman–Crippen LogP) is 2.89. The van der Waals surface area contributed by atoms with Gasteiger partial charge < -0.3 is 20.2 Å². The van der Waals surface area contributed by atoms with Crippen molar-refractivity contribution in [2.24, 2.45) is 5.92 Å². The fourth-order valence-electron chi connectivity index (χ4n) is 2.82. The van der Waals surface area contributed by atoms with E-state index in [1.807, 2.05) is 4.90 Å². The van der Waals surface area contributed by atoms with Gasteiger partial charge in [-0.15, -0.1) is 0 Å². The van der Waals surface area contributed by atoms with Gasteiger partial charge in [0.1, 0.15) is 0 Å². The number of halogens is 4. The van der Waals surface area contributed by atoms with Crippen LogP contribution in [0, 0.1) is 5.92 Å². The third-order valence-electron chi connectivity index (χ3n) is 4.25. The van der Waals surface area contributed by atoms with E-state index in [1.165, 1.54) is 0 Å². The molecule has 0 radical (unpaired) electrons. The van der Waals surface area contributed by atoms with E-state index in [0.29, 0.717) is 36.0 Å². The lowest BCUT2D eigenvalue weighted by Crippen LogP contribution is -2.47. The fraction of sp³-hybridized carbons (Fsp3) is 0.550. The van der Waals surface area contributed by atoms with Gasteiger partial charge in [0, 0.05) is 56.3 Å². The first-order valence-corrected chi connectivity index (χ1v) is 10.1. The first kappa shape index (κ1) is 26.7. The zero-order valence-electron chi connectivity index (χ0n) is 17.4. The van der Waals surface area contributed by atoms with Crippen molar-refractivity contribution in [1.82, 2.24) is 15.1 Å². The number of hydrogen-bond acceptors (Lipinski definition) is 4. The van der Waals surface area contributed by atoms with Gasteiger partial charge in [-0.1, -0.05) is 31.5 Å². The van der Waals surface area contributed by atoms with Crippen LogP contribution in [-0.2, 0) is 9.59 Å². The van der Waals surface area contributed by atoms with Gasteiger partial charge in [-0.2, -0.15) is 13.2 Å². The summed E-state index contributed by atoms with van der Waals surface area (Å²) in [6.07, 6.45) is -4.72. The van der Waals surface area contributed by atoms with E-state index in [0.717, 1.165) is 26.2 Å². The van der Waals surface area contributed by atoms with Crippen LogP contribution in [0.1, 0.15) is 30.6 Å². The quantitative estimate of drug-likeness (QED) is 0.674. The van der Waals surface area contributed by atoms with Gasteiger partial charge in [0.2, 0.25) is 5.91 Å². The van der Waals surface area contributed by atoms with Crippen LogP contribution >= 0.6 is 11.6 Å². The van der Waals surface area contributed by atoms with Crippen molar-refractivity contribution in [1.29, 1.82) is 0 Å². The van der Waals surface area contributed by atoms with Crippen molar-refractivity contribution < 1.29 is 32.7 Å². The van der Waals surface area contributed by atoms with E-state index in [2.05, 4.69) is 19.2 Å². The SMILES string of the molecule is CC(C)CN(CCC(=O)N1CCNCC1)C(=O)c1cccc(Cl)c1.O=C(O)C(F)(F)F. The lowest BCUT2D eigenvalue weighted by molar-refractivity contribution is -0.192. The van der Waals surface area contributed by atoms with Gasteiger partial charge in [-0.05, 0) is 24.1 Å². The average molecular weight is 466 g/mol. The highest BCUT2D eigenvalue weighted by molar-refractivity contribution is 6.30. The molecule has 11 heteroatoms. The number of hydrogen-bond donors (Lipinski definition) is 2. The molecular weight excluding hydrogens is 439 g/mol. The van der Waals surface area contributed by atoms with Crippen LogP contribution in [0.2, 0.25) is 5.02 Å². The summed E-state index contributed by atoms with van der Waals surface area (Å²) < 4.78 is 31.7. The molecule has 0 aromatic heterocycles. The molecule has 0 saturated carbocycles. The van der Waals surface area contributed by atoms with Gasteiger partial charge in [-0.3, -0.25) is 9.59 Å². The molecule has 0 bridgehead atoms. The van der Waals surface area contributed by atoms with Crippen LogP contribution < -0.4 is 5.32 Å². The van der Waals surface area contributed by atoms with Gasteiger partial charge in [-0.25, -0.2) is 4.79 Å². The number of aliphatic carboxylic acids is 1. The lowest BCUT2D eigenvalue weighted by atomic mass is 10.1. The number of amides is 2. The summed E-state index contributed by atoms with van der Waals surface area (Å²) in [5, 5.41) is 10.9. The van der Waals surface area contributed by atoms with Gasteiger partial charge in [0.05, 0.1) is 0 Å². The van der Waals surface area contributed by atoms with E-state index < -0.39 is 12.1 Å². The lowest BCUT2D eigenvalue weighted by Gasteiger charge is -2.29. The fourth-order valence-corrected chi connectivity index (χ4v) is 3.01. The van der Waals surface area contributed by atoms with Gasteiger partial charge in [0.15, 0.2) is 0 Å².